The van der Waals surface area contributed by atoms with Crippen LogP contribution < -0.4 is 0 Å². The van der Waals surface area contributed by atoms with Gasteiger partial charge in [-0.25, -0.2) is 13.2 Å². The number of halogens is 1. The van der Waals surface area contributed by atoms with Crippen LogP contribution in [0.25, 0.3) is 0 Å². The Kier molecular flexibility index (Phi) is 5.42. The Morgan fingerprint density at radius 3 is 2.95 bits per heavy atom. The summed E-state index contributed by atoms with van der Waals surface area (Å²) in [4.78, 5) is 11.9. The van der Waals surface area contributed by atoms with E-state index in [4.69, 9.17) is 4.74 Å². The summed E-state index contributed by atoms with van der Waals surface area (Å²) in [7, 11) is -2.39. The number of rotatable bonds is 4. The minimum Gasteiger partial charge on any atom is -0.465 e. The molecule has 1 aliphatic rings. The van der Waals surface area contributed by atoms with Crippen LogP contribution in [-0.2, 0) is 19.5 Å². The Hall–Kier alpha value is -0.480. The molecule has 0 spiro atoms. The fourth-order valence-corrected chi connectivity index (χ4v) is 5.91. The first kappa shape index (κ1) is 16.9. The van der Waals surface area contributed by atoms with Gasteiger partial charge in [-0.2, -0.15) is 4.31 Å². The number of hydrogen-bond acceptors (Lipinski definition) is 6. The third kappa shape index (κ3) is 3.48. The highest BCUT2D eigenvalue weighted by Gasteiger charge is 2.33. The Balaban J connectivity index is 2.31. The lowest BCUT2D eigenvalue weighted by Gasteiger charge is -2.31. The number of sulfonamides is 1. The molecule has 0 radical (unpaired) electrons. The van der Waals surface area contributed by atoms with E-state index < -0.39 is 16.0 Å². The molecular formula is C12H16BrNO5S2. The highest BCUT2D eigenvalue weighted by molar-refractivity contribution is 9.11. The van der Waals surface area contributed by atoms with E-state index in [1.807, 2.05) is 6.92 Å². The molecule has 21 heavy (non-hydrogen) atoms. The summed E-state index contributed by atoms with van der Waals surface area (Å²) < 4.78 is 37.3. The van der Waals surface area contributed by atoms with Crippen molar-refractivity contribution in [1.82, 2.24) is 4.31 Å². The molecule has 1 saturated heterocycles. The zero-order valence-electron chi connectivity index (χ0n) is 11.7. The molecule has 118 valence electrons. The lowest BCUT2D eigenvalue weighted by molar-refractivity contribution is -0.00278. The number of esters is 1. The van der Waals surface area contributed by atoms with Gasteiger partial charge in [-0.3, -0.25) is 0 Å². The van der Waals surface area contributed by atoms with Crippen molar-refractivity contribution in [3.05, 3.63) is 14.7 Å². The van der Waals surface area contributed by atoms with Crippen molar-refractivity contribution in [2.75, 3.05) is 26.8 Å². The number of ether oxygens (including phenoxy) is 2. The first-order chi connectivity index (χ1) is 9.90. The third-order valence-corrected chi connectivity index (χ3v) is 7.31. The summed E-state index contributed by atoms with van der Waals surface area (Å²) in [6.07, 6.45) is 0.663. The number of nitrogens with zero attached hydrogens (tertiary/aromatic N) is 1. The molecule has 0 aliphatic carbocycles. The SMILES string of the molecule is CC[C@H]1CN(S(=O)(=O)c2cc(C(=O)OC)sc2Br)CCO1. The van der Waals surface area contributed by atoms with Gasteiger partial charge in [0.05, 0.1) is 23.6 Å². The second-order valence-electron chi connectivity index (χ2n) is 4.50. The van der Waals surface area contributed by atoms with Crippen LogP contribution in [0.1, 0.15) is 23.0 Å². The van der Waals surface area contributed by atoms with E-state index in [0.717, 1.165) is 17.8 Å². The highest BCUT2D eigenvalue weighted by Crippen LogP contribution is 2.34. The molecule has 0 amide bonds. The number of carbonyl (C=O) groups excluding carboxylic acids is 1. The quantitative estimate of drug-likeness (QED) is 0.727. The summed E-state index contributed by atoms with van der Waals surface area (Å²) in [6.45, 7) is 2.98. The largest absolute Gasteiger partial charge is 0.465 e. The Labute approximate surface area is 136 Å². The summed E-state index contributed by atoms with van der Waals surface area (Å²) in [5.74, 6) is -0.546. The van der Waals surface area contributed by atoms with Crippen molar-refractivity contribution in [2.45, 2.75) is 24.3 Å². The van der Waals surface area contributed by atoms with E-state index in [0.29, 0.717) is 23.5 Å². The summed E-state index contributed by atoms with van der Waals surface area (Å²) in [6, 6.07) is 1.35. The standard InChI is InChI=1S/C12H16BrNO5S2/c1-3-8-7-14(4-5-19-8)21(16,17)10-6-9(12(15)18-2)20-11(10)13/h6,8H,3-5,7H2,1-2H3/t8-/m0/s1. The van der Waals surface area contributed by atoms with E-state index in [1.165, 1.54) is 17.5 Å². The van der Waals surface area contributed by atoms with Crippen LogP contribution in [0.15, 0.2) is 14.7 Å². The zero-order chi connectivity index (χ0) is 15.6. The fourth-order valence-electron chi connectivity index (χ4n) is 2.03. The molecule has 1 aromatic rings. The maximum atomic E-state index is 12.7. The molecule has 0 bridgehead atoms. The molecule has 0 saturated carbocycles. The molecule has 0 aromatic carbocycles. The maximum absolute atomic E-state index is 12.7. The van der Waals surface area contributed by atoms with E-state index in [1.54, 1.807) is 0 Å². The number of carbonyl (C=O) groups is 1. The zero-order valence-corrected chi connectivity index (χ0v) is 14.9. The molecule has 0 unspecified atom stereocenters. The molecule has 1 fully saturated rings. The Morgan fingerprint density at radius 2 is 2.33 bits per heavy atom. The molecule has 1 atom stereocenters. The minimum atomic E-state index is -3.65. The average Bonchev–Trinajstić information content (AvgIpc) is 2.89. The van der Waals surface area contributed by atoms with Gasteiger partial charge in [-0.05, 0) is 28.4 Å². The summed E-state index contributed by atoms with van der Waals surface area (Å²) >= 11 is 4.27. The molecule has 0 N–H and O–H groups in total. The molecule has 9 heteroatoms. The summed E-state index contributed by atoms with van der Waals surface area (Å²) in [5.41, 5.74) is 0. The van der Waals surface area contributed by atoms with E-state index in [9.17, 15) is 13.2 Å². The first-order valence-corrected chi connectivity index (χ1v) is 9.44. The van der Waals surface area contributed by atoms with Crippen molar-refractivity contribution < 1.29 is 22.7 Å². The normalized spacial score (nSPS) is 20.4. The van der Waals surface area contributed by atoms with Crippen LogP contribution >= 0.6 is 27.3 Å². The lowest BCUT2D eigenvalue weighted by Crippen LogP contribution is -2.45. The van der Waals surface area contributed by atoms with Crippen molar-refractivity contribution in [1.29, 1.82) is 0 Å². The topological polar surface area (TPSA) is 72.9 Å². The fraction of sp³-hybridized carbons (Fsp3) is 0.583. The lowest BCUT2D eigenvalue weighted by atomic mass is 10.2. The second kappa shape index (κ2) is 6.74. The van der Waals surface area contributed by atoms with Crippen LogP contribution in [0.3, 0.4) is 0 Å². The van der Waals surface area contributed by atoms with Crippen LogP contribution in [0.2, 0.25) is 0 Å². The van der Waals surface area contributed by atoms with Crippen molar-refractivity contribution in [3.8, 4) is 0 Å². The smallest absolute Gasteiger partial charge is 0.348 e. The number of morpholine rings is 1. The third-order valence-electron chi connectivity index (χ3n) is 3.22. The second-order valence-corrected chi connectivity index (χ2v) is 8.78. The van der Waals surface area contributed by atoms with Crippen LogP contribution in [0.4, 0.5) is 0 Å². The molecule has 1 aliphatic heterocycles. The number of hydrogen-bond donors (Lipinski definition) is 0. The van der Waals surface area contributed by atoms with Gasteiger partial charge in [-0.1, -0.05) is 6.92 Å². The van der Waals surface area contributed by atoms with Gasteiger partial charge in [0.2, 0.25) is 10.0 Å². The van der Waals surface area contributed by atoms with Crippen LogP contribution in [-0.4, -0.2) is 51.6 Å². The van der Waals surface area contributed by atoms with Crippen molar-refractivity contribution in [3.63, 3.8) is 0 Å². The van der Waals surface area contributed by atoms with E-state index in [-0.39, 0.29) is 15.9 Å². The Bertz CT molecular complexity index is 628. The van der Waals surface area contributed by atoms with Gasteiger partial charge in [0.1, 0.15) is 9.77 Å². The van der Waals surface area contributed by atoms with Gasteiger partial charge < -0.3 is 9.47 Å². The molecule has 6 nitrogen and oxygen atoms in total. The minimum absolute atomic E-state index is 0.0917. The van der Waals surface area contributed by atoms with E-state index in [2.05, 4.69) is 20.7 Å². The average molecular weight is 398 g/mol. The maximum Gasteiger partial charge on any atom is 0.348 e. The molecular weight excluding hydrogens is 382 g/mol. The van der Waals surface area contributed by atoms with Crippen molar-refractivity contribution in [2.24, 2.45) is 0 Å². The predicted octanol–water partition coefficient (Wildman–Crippen LogP) is 2.10. The van der Waals surface area contributed by atoms with E-state index >= 15 is 0 Å². The molecule has 2 rings (SSSR count). The van der Waals surface area contributed by atoms with Gasteiger partial charge in [0, 0.05) is 13.1 Å². The van der Waals surface area contributed by atoms with Crippen LogP contribution in [0, 0.1) is 0 Å². The van der Waals surface area contributed by atoms with Crippen molar-refractivity contribution >= 4 is 43.3 Å². The summed E-state index contributed by atoms with van der Waals surface area (Å²) in [5, 5.41) is 0. The van der Waals surface area contributed by atoms with Gasteiger partial charge in [0.25, 0.3) is 0 Å². The molecule has 2 heterocycles. The first-order valence-electron chi connectivity index (χ1n) is 6.39. The molecule has 1 aromatic heterocycles. The van der Waals surface area contributed by atoms with Gasteiger partial charge in [0.15, 0.2) is 0 Å². The van der Waals surface area contributed by atoms with Crippen LogP contribution in [0.5, 0.6) is 0 Å². The Morgan fingerprint density at radius 1 is 1.62 bits per heavy atom. The number of methoxy groups -OCH3 is 1. The number of thiophene rings is 1. The van der Waals surface area contributed by atoms with Gasteiger partial charge in [-0.15, -0.1) is 11.3 Å². The van der Waals surface area contributed by atoms with Gasteiger partial charge >= 0.3 is 5.97 Å². The predicted molar refractivity (Wildman–Crippen MR) is 82.1 cm³/mol. The highest BCUT2D eigenvalue weighted by atomic mass is 79.9. The monoisotopic (exact) mass is 397 g/mol.